The Kier molecular flexibility index (Phi) is 14.2. The molecule has 0 bridgehead atoms. The number of carbonyl (C=O) groups excluding carboxylic acids is 2. The maximum atomic E-state index is 13.1. The first-order chi connectivity index (χ1) is 26.6. The molecule has 4 atom stereocenters. The molecule has 55 heavy (non-hydrogen) atoms. The van der Waals surface area contributed by atoms with Gasteiger partial charge in [0, 0.05) is 80.8 Å². The third-order valence-corrected chi connectivity index (χ3v) is 11.5. The number of hydrogen-bond donors (Lipinski definition) is 6. The summed E-state index contributed by atoms with van der Waals surface area (Å²) in [4.78, 5) is 33.8. The van der Waals surface area contributed by atoms with E-state index in [2.05, 4.69) is 58.9 Å². The van der Waals surface area contributed by atoms with Crippen LogP contribution in [0.3, 0.4) is 0 Å². The number of amides is 2. The highest BCUT2D eigenvalue weighted by molar-refractivity contribution is 6.31. The smallest absolute Gasteiger partial charge is 0.234 e. The Morgan fingerprint density at radius 2 is 1.76 bits per heavy atom. The summed E-state index contributed by atoms with van der Waals surface area (Å²) >= 11 is 6.75. The second-order valence-corrected chi connectivity index (χ2v) is 15.8. The van der Waals surface area contributed by atoms with Crippen LogP contribution in [0, 0.1) is 0 Å². The monoisotopic (exact) mass is 777 g/mol. The van der Waals surface area contributed by atoms with Gasteiger partial charge in [0.2, 0.25) is 11.8 Å². The molecule has 1 unspecified atom stereocenters. The van der Waals surface area contributed by atoms with E-state index >= 15 is 0 Å². The molecule has 1 aromatic heterocycles. The Hall–Kier alpha value is -3.62. The SMILES string of the molecule is CC(CCCC(=O)N1CCN(CC(=O)NC[C@H](O)[C@@H](O)[C@H](O)CCO)CC1)c1ccc(Cl)c(CNC2(c3cnccc3-c3ccccc3OC3CC3)CC2)c1. The first-order valence-corrected chi connectivity index (χ1v) is 20.1. The molecule has 6 rings (SSSR count). The van der Waals surface area contributed by atoms with Gasteiger partial charge in [-0.1, -0.05) is 48.9 Å². The van der Waals surface area contributed by atoms with E-state index in [0.717, 1.165) is 66.0 Å². The van der Waals surface area contributed by atoms with E-state index in [1.54, 1.807) is 0 Å². The number of nitrogens with one attached hydrogen (secondary N) is 2. The Labute approximate surface area is 328 Å². The van der Waals surface area contributed by atoms with Crippen molar-refractivity contribution in [2.45, 2.75) is 101 Å². The fraction of sp³-hybridized carbons (Fsp3) is 0.548. The Balaban J connectivity index is 0.942. The predicted octanol–water partition coefficient (Wildman–Crippen LogP) is 3.72. The van der Waals surface area contributed by atoms with Gasteiger partial charge in [-0.15, -0.1) is 0 Å². The molecule has 1 aliphatic heterocycles. The predicted molar refractivity (Wildman–Crippen MR) is 211 cm³/mol. The number of hydrogen-bond acceptors (Lipinski definition) is 10. The fourth-order valence-corrected chi connectivity index (χ4v) is 7.52. The third kappa shape index (κ3) is 11.0. The highest BCUT2D eigenvalue weighted by atomic mass is 35.5. The first kappa shape index (κ1) is 41.0. The molecule has 1 saturated heterocycles. The zero-order valence-electron chi connectivity index (χ0n) is 31.7. The number of carbonyl (C=O) groups is 2. The molecule has 2 amide bonds. The Bertz CT molecular complexity index is 1750. The van der Waals surface area contributed by atoms with E-state index in [1.807, 2.05) is 34.3 Å². The number of aliphatic hydroxyl groups excluding tert-OH is 4. The van der Waals surface area contributed by atoms with E-state index in [1.165, 1.54) is 11.1 Å². The first-order valence-electron chi connectivity index (χ1n) is 19.7. The zero-order valence-corrected chi connectivity index (χ0v) is 32.5. The normalized spacial score (nSPS) is 19.0. The van der Waals surface area contributed by atoms with Crippen LogP contribution in [0.1, 0.15) is 80.9 Å². The molecule has 3 aliphatic rings. The number of para-hydroxylation sites is 1. The second-order valence-electron chi connectivity index (χ2n) is 15.4. The van der Waals surface area contributed by atoms with Crippen LogP contribution in [-0.2, 0) is 21.7 Å². The molecule has 13 heteroatoms. The van der Waals surface area contributed by atoms with Crippen LogP contribution in [0.25, 0.3) is 11.1 Å². The minimum atomic E-state index is -1.47. The highest BCUT2D eigenvalue weighted by Gasteiger charge is 2.46. The molecule has 12 nitrogen and oxygen atoms in total. The number of rotatable bonds is 20. The summed E-state index contributed by atoms with van der Waals surface area (Å²) in [6, 6.07) is 16.6. The molecule has 2 aliphatic carbocycles. The van der Waals surface area contributed by atoms with Crippen molar-refractivity contribution in [3.63, 3.8) is 0 Å². The number of ether oxygens (including phenoxy) is 1. The van der Waals surface area contributed by atoms with Crippen LogP contribution in [0.2, 0.25) is 5.02 Å². The summed E-state index contributed by atoms with van der Waals surface area (Å²) in [6.07, 6.45) is 6.31. The van der Waals surface area contributed by atoms with Crippen molar-refractivity contribution in [2.24, 2.45) is 0 Å². The number of pyridine rings is 1. The Morgan fingerprint density at radius 1 is 1.00 bits per heavy atom. The second kappa shape index (κ2) is 19.0. The van der Waals surface area contributed by atoms with Crippen molar-refractivity contribution < 1.29 is 34.8 Å². The maximum absolute atomic E-state index is 13.1. The van der Waals surface area contributed by atoms with E-state index in [0.29, 0.717) is 45.2 Å². The molecular formula is C42H56ClN5O7. The minimum absolute atomic E-state index is 0.0701. The average molecular weight is 778 g/mol. The molecule has 0 spiro atoms. The standard InChI is InChI=1S/C42H56ClN5O7/c1-28(5-4-8-40(53)48-20-18-47(19-21-48)27-39(52)45-26-37(51)41(54)36(50)14-22-49)29-9-12-35(43)30(23-29)24-46-42(15-16-42)34-25-44-17-13-32(34)33-6-2-3-7-38(33)55-31-10-11-31/h2-3,6-7,9,12-13,17,23,25,28,31,36-37,41,46,49-51,54H,4-5,8,10-11,14-16,18-22,24,26-27H2,1H3,(H,45,52)/t28?,36-,37+,41+/m1/s1. The van der Waals surface area contributed by atoms with E-state index in [4.69, 9.17) is 21.4 Å². The largest absolute Gasteiger partial charge is 0.490 e. The molecule has 2 saturated carbocycles. The number of piperazine rings is 1. The summed E-state index contributed by atoms with van der Waals surface area (Å²) in [5.74, 6) is 0.970. The minimum Gasteiger partial charge on any atom is -0.490 e. The van der Waals surface area contributed by atoms with Gasteiger partial charge < -0.3 is 40.7 Å². The lowest BCUT2D eigenvalue weighted by Gasteiger charge is -2.34. The number of aliphatic hydroxyl groups is 4. The van der Waals surface area contributed by atoms with Crippen molar-refractivity contribution in [2.75, 3.05) is 45.9 Å². The van der Waals surface area contributed by atoms with Crippen LogP contribution in [0.5, 0.6) is 5.75 Å². The van der Waals surface area contributed by atoms with Gasteiger partial charge in [-0.25, -0.2) is 0 Å². The van der Waals surface area contributed by atoms with Gasteiger partial charge in [0.05, 0.1) is 24.9 Å². The quantitative estimate of drug-likeness (QED) is 0.0996. The van der Waals surface area contributed by atoms with E-state index < -0.39 is 18.3 Å². The van der Waals surface area contributed by atoms with Crippen LogP contribution in [0.15, 0.2) is 60.9 Å². The van der Waals surface area contributed by atoms with Gasteiger partial charge in [-0.2, -0.15) is 0 Å². The molecule has 6 N–H and O–H groups in total. The fourth-order valence-electron chi connectivity index (χ4n) is 7.33. The van der Waals surface area contributed by atoms with Crippen molar-refractivity contribution in [1.82, 2.24) is 25.4 Å². The summed E-state index contributed by atoms with van der Waals surface area (Å²) in [5.41, 5.74) is 5.49. The van der Waals surface area contributed by atoms with Crippen molar-refractivity contribution in [3.8, 4) is 16.9 Å². The van der Waals surface area contributed by atoms with Crippen LogP contribution in [-0.4, -0.2) is 117 Å². The maximum Gasteiger partial charge on any atom is 0.234 e. The molecule has 298 valence electrons. The molecule has 0 radical (unpaired) electrons. The zero-order chi connectivity index (χ0) is 39.0. The molecule has 2 aromatic carbocycles. The van der Waals surface area contributed by atoms with E-state index in [-0.39, 0.29) is 49.4 Å². The lowest BCUT2D eigenvalue weighted by molar-refractivity contribution is -0.133. The summed E-state index contributed by atoms with van der Waals surface area (Å²) in [7, 11) is 0. The van der Waals surface area contributed by atoms with Crippen LogP contribution >= 0.6 is 11.6 Å². The number of halogens is 1. The number of nitrogens with zero attached hydrogens (tertiary/aromatic N) is 3. The van der Waals surface area contributed by atoms with Crippen molar-refractivity contribution in [3.05, 3.63) is 82.6 Å². The molecule has 2 heterocycles. The number of aromatic nitrogens is 1. The lowest BCUT2D eigenvalue weighted by Crippen LogP contribution is -2.52. The number of benzene rings is 2. The molecule has 3 fully saturated rings. The van der Waals surface area contributed by atoms with Crippen molar-refractivity contribution >= 4 is 23.4 Å². The van der Waals surface area contributed by atoms with Gasteiger partial charge >= 0.3 is 0 Å². The average Bonchev–Trinajstić information content (AvgIpc) is 4.14. The van der Waals surface area contributed by atoms with Crippen molar-refractivity contribution in [1.29, 1.82) is 0 Å². The van der Waals surface area contributed by atoms with Gasteiger partial charge in [0.1, 0.15) is 11.9 Å². The van der Waals surface area contributed by atoms with Gasteiger partial charge in [-0.05, 0) is 91.3 Å². The third-order valence-electron chi connectivity index (χ3n) is 11.2. The lowest BCUT2D eigenvalue weighted by atomic mass is 9.93. The molecular weight excluding hydrogens is 722 g/mol. The van der Waals surface area contributed by atoms with Gasteiger partial charge in [0.15, 0.2) is 0 Å². The van der Waals surface area contributed by atoms with Gasteiger partial charge in [-0.3, -0.25) is 19.5 Å². The van der Waals surface area contributed by atoms with Gasteiger partial charge in [0.25, 0.3) is 0 Å². The topological polar surface area (TPSA) is 168 Å². The Morgan fingerprint density at radius 3 is 2.49 bits per heavy atom. The summed E-state index contributed by atoms with van der Waals surface area (Å²) in [6.45, 7) is 4.57. The van der Waals surface area contributed by atoms with E-state index in [9.17, 15) is 24.9 Å². The molecule has 3 aromatic rings. The van der Waals surface area contributed by atoms with Crippen LogP contribution < -0.4 is 15.4 Å². The van der Waals surface area contributed by atoms with Crippen LogP contribution in [0.4, 0.5) is 0 Å². The highest BCUT2D eigenvalue weighted by Crippen LogP contribution is 2.50. The summed E-state index contributed by atoms with van der Waals surface area (Å²) in [5, 5.41) is 45.7. The summed E-state index contributed by atoms with van der Waals surface area (Å²) < 4.78 is 6.28.